The monoisotopic (exact) mass is 318 g/mol. The first kappa shape index (κ1) is 22.4. The molecule has 0 rings (SSSR count). The van der Waals surface area contributed by atoms with Gasteiger partial charge in [-0.3, -0.25) is 0 Å². The van der Waals surface area contributed by atoms with Crippen LogP contribution in [0.4, 0.5) is 28.8 Å². The molecular formula is C6H6O15. The first-order valence-electron chi connectivity index (χ1n) is 3.79. The number of hydrogen-bond acceptors (Lipinski definition) is 9. The predicted octanol–water partition coefficient (Wildman–Crippen LogP) is 1.08. The Morgan fingerprint density at radius 3 is 0.476 bits per heavy atom. The number of hydrogen-bond donors (Lipinski definition) is 6. The van der Waals surface area contributed by atoms with Crippen molar-refractivity contribution in [3.05, 3.63) is 0 Å². The maximum atomic E-state index is 9.21. The Labute approximate surface area is 112 Å². The molecule has 15 nitrogen and oxygen atoms in total. The molecule has 0 bridgehead atoms. The molecule has 21 heavy (non-hydrogen) atoms. The number of carbonyl (C=O) groups is 6. The van der Waals surface area contributed by atoms with Crippen molar-refractivity contribution in [2.45, 2.75) is 0 Å². The molecule has 0 unspecified atom stereocenters. The van der Waals surface area contributed by atoms with Crippen LogP contribution in [0.3, 0.4) is 0 Å². The quantitative estimate of drug-likeness (QED) is 0.207. The summed E-state index contributed by atoms with van der Waals surface area (Å²) in [4.78, 5) is 55.2. The van der Waals surface area contributed by atoms with E-state index in [2.05, 4.69) is 14.2 Å². The van der Waals surface area contributed by atoms with E-state index in [0.717, 1.165) is 0 Å². The average molecular weight is 318 g/mol. The number of carboxylic acid groups (broad SMARTS) is 6. The van der Waals surface area contributed by atoms with Crippen LogP contribution in [0.5, 0.6) is 0 Å². The zero-order valence-corrected chi connectivity index (χ0v) is 9.36. The van der Waals surface area contributed by atoms with Crippen LogP contribution in [-0.2, 0) is 14.2 Å². The van der Waals surface area contributed by atoms with Crippen molar-refractivity contribution in [3.63, 3.8) is 0 Å². The minimum absolute atomic E-state index is 1.81. The smallest absolute Gasteiger partial charge is 0.449 e. The molecule has 0 aromatic rings. The molecule has 0 amide bonds. The Kier molecular flexibility index (Phi) is 13.5. The van der Waals surface area contributed by atoms with Gasteiger partial charge in [-0.25, -0.2) is 28.8 Å². The zero-order valence-electron chi connectivity index (χ0n) is 9.36. The lowest BCUT2D eigenvalue weighted by Crippen LogP contribution is -2.05. The Morgan fingerprint density at radius 1 is 0.381 bits per heavy atom. The summed E-state index contributed by atoms with van der Waals surface area (Å²) in [5, 5.41) is 44.9. The molecule has 0 fully saturated rings. The molecule has 0 aliphatic rings. The van der Waals surface area contributed by atoms with E-state index < -0.39 is 36.9 Å². The second kappa shape index (κ2) is 12.7. The van der Waals surface area contributed by atoms with Gasteiger partial charge in [0.1, 0.15) is 0 Å². The fraction of sp³-hybridized carbons (Fsp3) is 0. The largest absolute Gasteiger partial charge is 0.516 e. The molecule has 0 aliphatic heterocycles. The van der Waals surface area contributed by atoms with Crippen molar-refractivity contribution >= 4 is 36.9 Å². The van der Waals surface area contributed by atoms with E-state index >= 15 is 0 Å². The van der Waals surface area contributed by atoms with Crippen LogP contribution in [0.1, 0.15) is 0 Å². The van der Waals surface area contributed by atoms with Gasteiger partial charge in [0.15, 0.2) is 0 Å². The third kappa shape index (κ3) is 48.5. The fourth-order valence-corrected chi connectivity index (χ4v) is 0.224. The lowest BCUT2D eigenvalue weighted by atomic mass is 11.3. The van der Waals surface area contributed by atoms with Crippen LogP contribution in [0.2, 0.25) is 0 Å². The van der Waals surface area contributed by atoms with E-state index in [0.29, 0.717) is 0 Å². The van der Waals surface area contributed by atoms with Gasteiger partial charge in [0.2, 0.25) is 0 Å². The molecule has 0 atom stereocenters. The summed E-state index contributed by atoms with van der Waals surface area (Å²) in [7, 11) is 0. The minimum Gasteiger partial charge on any atom is -0.449 e. The van der Waals surface area contributed by atoms with Gasteiger partial charge in [0.25, 0.3) is 0 Å². The second-order valence-corrected chi connectivity index (χ2v) is 1.90. The fourth-order valence-electron chi connectivity index (χ4n) is 0.224. The summed E-state index contributed by atoms with van der Waals surface area (Å²) in [6, 6.07) is 0. The van der Waals surface area contributed by atoms with Gasteiger partial charge < -0.3 is 44.8 Å². The van der Waals surface area contributed by atoms with Crippen LogP contribution in [0.15, 0.2) is 0 Å². The van der Waals surface area contributed by atoms with E-state index in [1.54, 1.807) is 0 Å². The van der Waals surface area contributed by atoms with Crippen molar-refractivity contribution in [2.24, 2.45) is 0 Å². The molecule has 0 heterocycles. The maximum absolute atomic E-state index is 9.21. The highest BCUT2D eigenvalue weighted by Crippen LogP contribution is 1.75. The summed E-state index contributed by atoms with van der Waals surface area (Å²) >= 11 is 0. The molecule has 0 saturated carbocycles. The highest BCUT2D eigenvalue weighted by atomic mass is 16.8. The van der Waals surface area contributed by atoms with E-state index in [-0.39, 0.29) is 0 Å². The van der Waals surface area contributed by atoms with E-state index in [1.807, 2.05) is 0 Å². The Hall–Kier alpha value is -3.78. The van der Waals surface area contributed by atoms with Crippen LogP contribution in [0.25, 0.3) is 0 Å². The van der Waals surface area contributed by atoms with Crippen molar-refractivity contribution in [2.75, 3.05) is 0 Å². The Balaban J connectivity index is -0.000000231. The highest BCUT2D eigenvalue weighted by Gasteiger charge is 2.02. The van der Waals surface area contributed by atoms with Crippen molar-refractivity contribution in [1.29, 1.82) is 0 Å². The molecule has 0 saturated heterocycles. The van der Waals surface area contributed by atoms with Crippen molar-refractivity contribution in [1.82, 2.24) is 0 Å². The Morgan fingerprint density at radius 2 is 0.476 bits per heavy atom. The summed E-state index contributed by atoms with van der Waals surface area (Å²) in [5.41, 5.74) is 0. The molecule has 0 radical (unpaired) electrons. The lowest BCUT2D eigenvalue weighted by Gasteiger charge is -1.84. The number of rotatable bonds is 0. The van der Waals surface area contributed by atoms with Gasteiger partial charge in [0, 0.05) is 0 Å². The molecular weight excluding hydrogens is 312 g/mol. The lowest BCUT2D eigenvalue weighted by molar-refractivity contribution is 0.0776. The summed E-state index contributed by atoms with van der Waals surface area (Å²) in [6.07, 6.45) is -10.9. The first-order chi connectivity index (χ1) is 9.38. The Bertz CT molecular complexity index is 309. The van der Waals surface area contributed by atoms with Crippen molar-refractivity contribution in [3.8, 4) is 0 Å². The molecule has 6 N–H and O–H groups in total. The third-order valence-corrected chi connectivity index (χ3v) is 0.524. The van der Waals surface area contributed by atoms with E-state index in [4.69, 9.17) is 30.6 Å². The van der Waals surface area contributed by atoms with Crippen LogP contribution in [-0.4, -0.2) is 67.6 Å². The van der Waals surface area contributed by atoms with E-state index in [9.17, 15) is 28.8 Å². The summed E-state index contributed by atoms with van der Waals surface area (Å²) in [5.74, 6) is 0. The molecule has 0 aromatic carbocycles. The van der Waals surface area contributed by atoms with Gasteiger partial charge in [-0.05, 0) is 0 Å². The number of ether oxygens (including phenoxy) is 3. The van der Waals surface area contributed by atoms with Gasteiger partial charge in [0.05, 0.1) is 0 Å². The van der Waals surface area contributed by atoms with Gasteiger partial charge in [-0.1, -0.05) is 0 Å². The SMILES string of the molecule is O=C(O)OC(=O)O.O=C(O)OC(=O)O.O=C(O)OC(=O)O. The normalized spacial score (nSPS) is 7.43. The second-order valence-electron chi connectivity index (χ2n) is 1.90. The summed E-state index contributed by atoms with van der Waals surface area (Å²) < 4.78 is 9.25. The molecule has 15 heteroatoms. The molecule has 0 aliphatic carbocycles. The van der Waals surface area contributed by atoms with Gasteiger partial charge in [-0.2, -0.15) is 0 Å². The maximum Gasteiger partial charge on any atom is 0.516 e. The topological polar surface area (TPSA) is 251 Å². The van der Waals surface area contributed by atoms with Crippen LogP contribution >= 0.6 is 0 Å². The average Bonchev–Trinajstić information content (AvgIpc) is 2.10. The molecule has 0 spiro atoms. The van der Waals surface area contributed by atoms with Crippen molar-refractivity contribution < 1.29 is 73.6 Å². The highest BCUT2D eigenvalue weighted by molar-refractivity contribution is 5.74. The zero-order chi connectivity index (χ0) is 17.6. The van der Waals surface area contributed by atoms with Crippen LogP contribution < -0.4 is 0 Å². The standard InChI is InChI=1S/3C2H2O5/c3*3-1(4)7-2(5)6/h3*(H,3,4)(H,5,6). The minimum atomic E-state index is -1.81. The molecule has 120 valence electrons. The summed E-state index contributed by atoms with van der Waals surface area (Å²) in [6.45, 7) is 0. The van der Waals surface area contributed by atoms with Gasteiger partial charge >= 0.3 is 36.9 Å². The van der Waals surface area contributed by atoms with Crippen LogP contribution in [0, 0.1) is 0 Å². The van der Waals surface area contributed by atoms with E-state index in [1.165, 1.54) is 0 Å². The third-order valence-electron chi connectivity index (χ3n) is 0.524. The first-order valence-corrected chi connectivity index (χ1v) is 3.79. The molecule has 0 aromatic heterocycles. The van der Waals surface area contributed by atoms with Gasteiger partial charge in [-0.15, -0.1) is 0 Å². The predicted molar refractivity (Wildman–Crippen MR) is 51.4 cm³/mol.